The van der Waals surface area contributed by atoms with E-state index in [0.29, 0.717) is 17.5 Å². The van der Waals surface area contributed by atoms with Crippen LogP contribution in [0, 0.1) is 0 Å². The minimum atomic E-state index is -0.916. The lowest BCUT2D eigenvalue weighted by atomic mass is 9.94. The first-order valence-corrected chi connectivity index (χ1v) is 9.43. The van der Waals surface area contributed by atoms with Crippen molar-refractivity contribution in [3.8, 4) is 0 Å². The molecule has 0 aromatic heterocycles. The van der Waals surface area contributed by atoms with E-state index in [1.807, 2.05) is 0 Å². The molecule has 3 amide bonds. The molecule has 0 radical (unpaired) electrons. The fraction of sp³-hybridized carbons (Fsp3) is 0.500. The van der Waals surface area contributed by atoms with Crippen LogP contribution in [-0.2, 0) is 4.79 Å². The van der Waals surface area contributed by atoms with Crippen LogP contribution in [0.4, 0.5) is 0 Å². The Hall–Kier alpha value is -2.70. The third kappa shape index (κ3) is 4.02. The van der Waals surface area contributed by atoms with Crippen molar-refractivity contribution in [2.45, 2.75) is 64.0 Å². The molecule has 0 spiro atoms. The van der Waals surface area contributed by atoms with E-state index in [-0.39, 0.29) is 41.8 Å². The highest BCUT2D eigenvalue weighted by Crippen LogP contribution is 2.31. The summed E-state index contributed by atoms with van der Waals surface area (Å²) in [5.74, 6) is -1.90. The van der Waals surface area contributed by atoms with Crippen LogP contribution in [0.3, 0.4) is 0 Å². The molecule has 1 unspecified atom stereocenters. The number of hydrogen-bond acceptors (Lipinski definition) is 4. The number of carboxylic acids is 1. The molecule has 1 fully saturated rings. The van der Waals surface area contributed by atoms with Crippen LogP contribution < -0.4 is 5.32 Å². The number of carbonyl (C=O) groups is 4. The second-order valence-electron chi connectivity index (χ2n) is 7.34. The smallest absolute Gasteiger partial charge is 0.303 e. The van der Waals surface area contributed by atoms with Crippen molar-refractivity contribution in [1.29, 1.82) is 0 Å². The van der Waals surface area contributed by atoms with Crippen LogP contribution in [0.15, 0.2) is 18.2 Å². The van der Waals surface area contributed by atoms with Crippen LogP contribution >= 0.6 is 0 Å². The minimum absolute atomic E-state index is 0.0328. The van der Waals surface area contributed by atoms with Gasteiger partial charge in [0.1, 0.15) is 0 Å². The second kappa shape index (κ2) is 7.90. The number of fused-ring (bicyclic) bond motifs is 1. The number of nitrogens with one attached hydrogen (secondary N) is 1. The van der Waals surface area contributed by atoms with E-state index < -0.39 is 5.97 Å². The zero-order valence-electron chi connectivity index (χ0n) is 15.4. The lowest BCUT2D eigenvalue weighted by molar-refractivity contribution is -0.137. The Balaban J connectivity index is 1.73. The van der Waals surface area contributed by atoms with Gasteiger partial charge in [0, 0.05) is 24.1 Å². The molecule has 0 bridgehead atoms. The summed E-state index contributed by atoms with van der Waals surface area (Å²) in [6.07, 6.45) is 5.11. The molecule has 3 rings (SSSR count). The van der Waals surface area contributed by atoms with Gasteiger partial charge in [0.25, 0.3) is 17.7 Å². The molecule has 7 heteroatoms. The van der Waals surface area contributed by atoms with E-state index in [0.717, 1.165) is 32.1 Å². The molecular weight excluding hydrogens is 348 g/mol. The average molecular weight is 372 g/mol. The Bertz CT molecular complexity index is 783. The second-order valence-corrected chi connectivity index (χ2v) is 7.34. The summed E-state index contributed by atoms with van der Waals surface area (Å²) in [4.78, 5) is 49.8. The molecule has 1 aromatic carbocycles. The standard InChI is InChI=1S/C20H24N2O5/c1-12(7-10-17(23)24)21-18(25)13-8-9-15-16(11-13)20(27)22(19(15)26)14-5-3-2-4-6-14/h8-9,11-12,14H,2-7,10H2,1H3,(H,21,25)(H,23,24). The predicted octanol–water partition coefficient (Wildman–Crippen LogP) is 2.60. The molecular formula is C20H24N2O5. The average Bonchev–Trinajstić information content (AvgIpc) is 2.91. The van der Waals surface area contributed by atoms with Crippen molar-refractivity contribution in [1.82, 2.24) is 10.2 Å². The summed E-state index contributed by atoms with van der Waals surface area (Å²) in [5, 5.41) is 11.5. The third-order valence-corrected chi connectivity index (χ3v) is 5.29. The van der Waals surface area contributed by atoms with Crippen molar-refractivity contribution in [2.24, 2.45) is 0 Å². The molecule has 2 N–H and O–H groups in total. The maximum Gasteiger partial charge on any atom is 0.303 e. The fourth-order valence-corrected chi connectivity index (χ4v) is 3.79. The molecule has 1 atom stereocenters. The van der Waals surface area contributed by atoms with Crippen molar-refractivity contribution < 1.29 is 24.3 Å². The number of benzene rings is 1. The van der Waals surface area contributed by atoms with Crippen LogP contribution in [0.25, 0.3) is 0 Å². The first-order chi connectivity index (χ1) is 12.9. The predicted molar refractivity (Wildman–Crippen MR) is 97.6 cm³/mol. The van der Waals surface area contributed by atoms with E-state index >= 15 is 0 Å². The highest BCUT2D eigenvalue weighted by molar-refractivity contribution is 6.22. The van der Waals surface area contributed by atoms with Gasteiger partial charge in [-0.3, -0.25) is 24.1 Å². The quantitative estimate of drug-likeness (QED) is 0.747. The van der Waals surface area contributed by atoms with Gasteiger partial charge in [0.2, 0.25) is 0 Å². The first kappa shape index (κ1) is 19.1. The molecule has 1 aliphatic carbocycles. The van der Waals surface area contributed by atoms with Crippen molar-refractivity contribution in [2.75, 3.05) is 0 Å². The first-order valence-electron chi connectivity index (χ1n) is 9.43. The van der Waals surface area contributed by atoms with E-state index in [1.54, 1.807) is 6.92 Å². The van der Waals surface area contributed by atoms with Gasteiger partial charge in [-0.1, -0.05) is 19.3 Å². The third-order valence-electron chi connectivity index (χ3n) is 5.29. The maximum atomic E-state index is 12.8. The van der Waals surface area contributed by atoms with E-state index in [9.17, 15) is 19.2 Å². The van der Waals surface area contributed by atoms with Gasteiger partial charge in [-0.05, 0) is 44.4 Å². The van der Waals surface area contributed by atoms with Crippen LogP contribution in [0.2, 0.25) is 0 Å². The number of amides is 3. The molecule has 1 aromatic rings. The van der Waals surface area contributed by atoms with Gasteiger partial charge in [0.15, 0.2) is 0 Å². The SMILES string of the molecule is CC(CCC(=O)O)NC(=O)c1ccc2c(c1)C(=O)N(C1CCCCC1)C2=O. The normalized spacial score (nSPS) is 18.3. The van der Waals surface area contributed by atoms with Crippen molar-refractivity contribution in [3.05, 3.63) is 34.9 Å². The highest BCUT2D eigenvalue weighted by Gasteiger charge is 2.40. The molecule has 1 heterocycles. The summed E-state index contributed by atoms with van der Waals surface area (Å²) in [5.41, 5.74) is 0.917. The number of carboxylic acid groups (broad SMARTS) is 1. The number of nitrogens with zero attached hydrogens (tertiary/aromatic N) is 1. The van der Waals surface area contributed by atoms with Gasteiger partial charge in [-0.25, -0.2) is 0 Å². The number of imide groups is 1. The Morgan fingerprint density at radius 3 is 2.48 bits per heavy atom. The molecule has 1 saturated carbocycles. The van der Waals surface area contributed by atoms with Crippen molar-refractivity contribution in [3.63, 3.8) is 0 Å². The molecule has 0 saturated heterocycles. The largest absolute Gasteiger partial charge is 0.481 e. The molecule has 2 aliphatic rings. The molecule has 1 aliphatic heterocycles. The van der Waals surface area contributed by atoms with Gasteiger partial charge in [-0.2, -0.15) is 0 Å². The Morgan fingerprint density at radius 1 is 1.15 bits per heavy atom. The van der Waals surface area contributed by atoms with Gasteiger partial charge >= 0.3 is 5.97 Å². The molecule has 27 heavy (non-hydrogen) atoms. The lowest BCUT2D eigenvalue weighted by Gasteiger charge is -2.29. The summed E-state index contributed by atoms with van der Waals surface area (Å²) >= 11 is 0. The van der Waals surface area contributed by atoms with Crippen LogP contribution in [0.1, 0.15) is 82.9 Å². The summed E-state index contributed by atoms with van der Waals surface area (Å²) in [6.45, 7) is 1.73. The Labute approximate surface area is 157 Å². The lowest BCUT2D eigenvalue weighted by Crippen LogP contribution is -2.40. The Kier molecular flexibility index (Phi) is 5.58. The highest BCUT2D eigenvalue weighted by atomic mass is 16.4. The number of carbonyl (C=O) groups excluding carboxylic acids is 3. The topological polar surface area (TPSA) is 104 Å². The Morgan fingerprint density at radius 2 is 1.81 bits per heavy atom. The fourth-order valence-electron chi connectivity index (χ4n) is 3.79. The van der Waals surface area contributed by atoms with E-state index in [2.05, 4.69) is 5.32 Å². The number of rotatable bonds is 6. The van der Waals surface area contributed by atoms with Gasteiger partial charge in [0.05, 0.1) is 11.1 Å². The number of hydrogen-bond donors (Lipinski definition) is 2. The maximum absolute atomic E-state index is 12.8. The summed E-state index contributed by atoms with van der Waals surface area (Å²) < 4.78 is 0. The molecule has 144 valence electrons. The van der Waals surface area contributed by atoms with Gasteiger partial charge in [-0.15, -0.1) is 0 Å². The van der Waals surface area contributed by atoms with Crippen LogP contribution in [0.5, 0.6) is 0 Å². The van der Waals surface area contributed by atoms with Gasteiger partial charge < -0.3 is 10.4 Å². The molecule has 7 nitrogen and oxygen atoms in total. The number of aliphatic carboxylic acids is 1. The zero-order chi connectivity index (χ0) is 19.6. The van der Waals surface area contributed by atoms with E-state index in [1.165, 1.54) is 23.1 Å². The van der Waals surface area contributed by atoms with Crippen LogP contribution in [-0.4, -0.2) is 45.8 Å². The van der Waals surface area contributed by atoms with E-state index in [4.69, 9.17) is 5.11 Å². The summed E-state index contributed by atoms with van der Waals surface area (Å²) in [6, 6.07) is 4.18. The van der Waals surface area contributed by atoms with Crippen molar-refractivity contribution >= 4 is 23.7 Å². The summed E-state index contributed by atoms with van der Waals surface area (Å²) in [7, 11) is 0. The monoisotopic (exact) mass is 372 g/mol. The minimum Gasteiger partial charge on any atom is -0.481 e. The zero-order valence-corrected chi connectivity index (χ0v) is 15.4.